The van der Waals surface area contributed by atoms with Crippen LogP contribution in [0.15, 0.2) is 60.7 Å². The summed E-state index contributed by atoms with van der Waals surface area (Å²) >= 11 is 0. The van der Waals surface area contributed by atoms with Crippen molar-refractivity contribution in [3.63, 3.8) is 0 Å². The second-order valence-corrected chi connectivity index (χ2v) is 5.63. The Labute approximate surface area is 118 Å². The molecule has 4 rings (SSSR count). The number of aromatic amines is 1. The molecule has 1 aliphatic carbocycles. The van der Waals surface area contributed by atoms with E-state index in [1.165, 1.54) is 32.9 Å². The second-order valence-electron chi connectivity index (χ2n) is 5.63. The Morgan fingerprint density at radius 3 is 2.70 bits per heavy atom. The number of para-hydroxylation sites is 2. The van der Waals surface area contributed by atoms with E-state index in [1.54, 1.807) is 0 Å². The average Bonchev–Trinajstić information content (AvgIpc) is 2.87. The Bertz CT molecular complexity index is 848. The number of H-pyrrole nitrogens is 1. The van der Waals surface area contributed by atoms with Gasteiger partial charge >= 0.3 is 0 Å². The number of nitrogens with one attached hydrogen (secondary N) is 1. The predicted molar refractivity (Wildman–Crippen MR) is 86.7 cm³/mol. The van der Waals surface area contributed by atoms with Crippen LogP contribution < -0.4 is 0 Å². The van der Waals surface area contributed by atoms with Crippen LogP contribution in [0.2, 0.25) is 0 Å². The molecule has 3 aromatic rings. The van der Waals surface area contributed by atoms with Crippen molar-refractivity contribution in [1.29, 1.82) is 0 Å². The van der Waals surface area contributed by atoms with E-state index >= 15 is 0 Å². The van der Waals surface area contributed by atoms with Crippen LogP contribution in [0.1, 0.15) is 18.9 Å². The second kappa shape index (κ2) is 4.38. The lowest BCUT2D eigenvalue weighted by Gasteiger charge is -2.12. The molecule has 1 aromatic heterocycles. The normalized spacial score (nSPS) is 18.6. The number of hydrogen-bond acceptors (Lipinski definition) is 0. The van der Waals surface area contributed by atoms with Gasteiger partial charge in [-0.05, 0) is 24.0 Å². The maximum Gasteiger partial charge on any atom is 0.0544 e. The summed E-state index contributed by atoms with van der Waals surface area (Å²) in [5.74, 6) is 0.653. The molecular formula is C19H17N. The minimum Gasteiger partial charge on any atom is -0.354 e. The molecule has 1 heterocycles. The molecule has 0 radical (unpaired) electrons. The van der Waals surface area contributed by atoms with Gasteiger partial charge in [0.1, 0.15) is 0 Å². The fraction of sp³-hybridized carbons (Fsp3) is 0.158. The number of aromatic nitrogens is 1. The molecule has 1 heteroatoms. The Kier molecular flexibility index (Phi) is 2.53. The SMILES string of the molecule is CC1C=CC(c2cccc3c2[nH]c2ccccc23)=CC1. The van der Waals surface area contributed by atoms with E-state index in [2.05, 4.69) is 72.6 Å². The summed E-state index contributed by atoms with van der Waals surface area (Å²) in [6, 6.07) is 15.1. The molecule has 0 amide bonds. The molecule has 0 saturated carbocycles. The summed E-state index contributed by atoms with van der Waals surface area (Å²) in [4.78, 5) is 3.58. The van der Waals surface area contributed by atoms with Gasteiger partial charge in [0.15, 0.2) is 0 Å². The third kappa shape index (κ3) is 1.70. The Hall–Kier alpha value is -2.28. The standard InChI is InChI=1S/C19H17N/c1-13-9-11-14(12-10-13)15-6-4-7-17-16-5-2-3-8-18(16)20-19(15)17/h2-9,11-13,20H,10H2,1H3. The van der Waals surface area contributed by atoms with Crippen molar-refractivity contribution >= 4 is 27.4 Å². The fourth-order valence-electron chi connectivity index (χ4n) is 3.04. The number of benzene rings is 2. The zero-order chi connectivity index (χ0) is 13.5. The van der Waals surface area contributed by atoms with Crippen molar-refractivity contribution in [2.75, 3.05) is 0 Å². The van der Waals surface area contributed by atoms with Gasteiger partial charge in [-0.3, -0.25) is 0 Å². The van der Waals surface area contributed by atoms with Crippen LogP contribution in [0.25, 0.3) is 27.4 Å². The summed E-state index contributed by atoms with van der Waals surface area (Å²) in [7, 11) is 0. The molecule has 0 bridgehead atoms. The monoisotopic (exact) mass is 259 g/mol. The zero-order valence-corrected chi connectivity index (χ0v) is 11.6. The number of rotatable bonds is 1. The Morgan fingerprint density at radius 2 is 1.85 bits per heavy atom. The molecule has 0 saturated heterocycles. The highest BCUT2D eigenvalue weighted by atomic mass is 14.7. The third-order valence-electron chi connectivity index (χ3n) is 4.17. The lowest BCUT2D eigenvalue weighted by atomic mass is 9.93. The van der Waals surface area contributed by atoms with Gasteiger partial charge in [0.25, 0.3) is 0 Å². The maximum absolute atomic E-state index is 3.58. The molecule has 20 heavy (non-hydrogen) atoms. The molecule has 1 nitrogen and oxygen atoms in total. The van der Waals surface area contributed by atoms with Gasteiger partial charge in [0.05, 0.1) is 5.52 Å². The largest absolute Gasteiger partial charge is 0.354 e. The van der Waals surface area contributed by atoms with E-state index in [9.17, 15) is 0 Å². The molecule has 1 atom stereocenters. The van der Waals surface area contributed by atoms with Crippen LogP contribution in [0.3, 0.4) is 0 Å². The molecular weight excluding hydrogens is 242 g/mol. The first-order valence-corrected chi connectivity index (χ1v) is 7.21. The highest BCUT2D eigenvalue weighted by Gasteiger charge is 2.11. The van der Waals surface area contributed by atoms with E-state index in [4.69, 9.17) is 0 Å². The molecule has 1 N–H and O–H groups in total. The van der Waals surface area contributed by atoms with E-state index in [1.807, 2.05) is 0 Å². The molecule has 98 valence electrons. The van der Waals surface area contributed by atoms with Crippen LogP contribution in [-0.2, 0) is 0 Å². The summed E-state index contributed by atoms with van der Waals surface area (Å²) in [6.07, 6.45) is 8.04. The minimum atomic E-state index is 0.653. The van der Waals surface area contributed by atoms with Crippen LogP contribution in [0.4, 0.5) is 0 Å². The summed E-state index contributed by atoms with van der Waals surface area (Å²) in [5.41, 5.74) is 5.10. The van der Waals surface area contributed by atoms with E-state index < -0.39 is 0 Å². The quantitative estimate of drug-likeness (QED) is 0.610. The van der Waals surface area contributed by atoms with Crippen molar-refractivity contribution in [2.45, 2.75) is 13.3 Å². The average molecular weight is 259 g/mol. The minimum absolute atomic E-state index is 0.653. The highest BCUT2D eigenvalue weighted by Crippen LogP contribution is 2.33. The molecule has 0 aliphatic heterocycles. The van der Waals surface area contributed by atoms with Gasteiger partial charge in [0, 0.05) is 21.9 Å². The van der Waals surface area contributed by atoms with Crippen LogP contribution in [-0.4, -0.2) is 4.98 Å². The summed E-state index contributed by atoms with van der Waals surface area (Å²) in [6.45, 7) is 2.26. The van der Waals surface area contributed by atoms with E-state index in [0.717, 1.165) is 6.42 Å². The van der Waals surface area contributed by atoms with E-state index in [0.29, 0.717) is 5.92 Å². The maximum atomic E-state index is 3.58. The third-order valence-corrected chi connectivity index (χ3v) is 4.17. The summed E-state index contributed by atoms with van der Waals surface area (Å²) in [5, 5.41) is 2.61. The van der Waals surface area contributed by atoms with Crippen molar-refractivity contribution in [3.05, 3.63) is 66.3 Å². The first kappa shape index (κ1) is 11.5. The number of allylic oxidation sites excluding steroid dienone is 4. The topological polar surface area (TPSA) is 15.8 Å². The van der Waals surface area contributed by atoms with Crippen molar-refractivity contribution in [1.82, 2.24) is 4.98 Å². The lowest BCUT2D eigenvalue weighted by Crippen LogP contribution is -1.94. The Balaban J connectivity index is 1.99. The molecule has 0 fully saturated rings. The van der Waals surface area contributed by atoms with Crippen LogP contribution in [0.5, 0.6) is 0 Å². The smallest absolute Gasteiger partial charge is 0.0544 e. The molecule has 0 spiro atoms. The van der Waals surface area contributed by atoms with E-state index in [-0.39, 0.29) is 0 Å². The summed E-state index contributed by atoms with van der Waals surface area (Å²) < 4.78 is 0. The van der Waals surface area contributed by atoms with Crippen molar-refractivity contribution < 1.29 is 0 Å². The lowest BCUT2D eigenvalue weighted by molar-refractivity contribution is 0.739. The first-order valence-electron chi connectivity index (χ1n) is 7.21. The highest BCUT2D eigenvalue weighted by molar-refractivity contribution is 6.10. The van der Waals surface area contributed by atoms with Crippen molar-refractivity contribution in [3.8, 4) is 0 Å². The predicted octanol–water partition coefficient (Wildman–Crippen LogP) is 5.30. The van der Waals surface area contributed by atoms with Gasteiger partial charge < -0.3 is 4.98 Å². The van der Waals surface area contributed by atoms with Gasteiger partial charge in [-0.1, -0.05) is 61.5 Å². The first-order chi connectivity index (χ1) is 9.83. The number of hydrogen-bond donors (Lipinski definition) is 1. The molecule has 2 aromatic carbocycles. The van der Waals surface area contributed by atoms with Crippen LogP contribution in [0, 0.1) is 5.92 Å². The van der Waals surface area contributed by atoms with Gasteiger partial charge in [-0.25, -0.2) is 0 Å². The molecule has 1 aliphatic rings. The van der Waals surface area contributed by atoms with Gasteiger partial charge in [0.2, 0.25) is 0 Å². The van der Waals surface area contributed by atoms with Crippen molar-refractivity contribution in [2.24, 2.45) is 5.92 Å². The number of fused-ring (bicyclic) bond motifs is 3. The Morgan fingerprint density at radius 1 is 1.00 bits per heavy atom. The zero-order valence-electron chi connectivity index (χ0n) is 11.6. The molecule has 1 unspecified atom stereocenters. The van der Waals surface area contributed by atoms with Gasteiger partial charge in [-0.2, -0.15) is 0 Å². The van der Waals surface area contributed by atoms with Gasteiger partial charge in [-0.15, -0.1) is 0 Å². The fourth-order valence-corrected chi connectivity index (χ4v) is 3.04. The van der Waals surface area contributed by atoms with Crippen LogP contribution >= 0.6 is 0 Å².